The van der Waals surface area contributed by atoms with Crippen molar-refractivity contribution in [1.82, 2.24) is 19.6 Å². The highest BCUT2D eigenvalue weighted by Gasteiger charge is 2.08. The highest BCUT2D eigenvalue weighted by atomic mass is 127. The van der Waals surface area contributed by atoms with Crippen molar-refractivity contribution < 1.29 is 0 Å². The number of aryl methyl sites for hydroxylation is 1. The van der Waals surface area contributed by atoms with E-state index in [2.05, 4.69) is 60.4 Å². The molecule has 5 nitrogen and oxygen atoms in total. The van der Waals surface area contributed by atoms with Crippen LogP contribution >= 0.6 is 35.3 Å². The van der Waals surface area contributed by atoms with Crippen LogP contribution in [0.15, 0.2) is 47.0 Å². The quantitative estimate of drug-likeness (QED) is 0.350. The smallest absolute Gasteiger partial charge is 0.194 e. The van der Waals surface area contributed by atoms with E-state index < -0.39 is 0 Å². The Morgan fingerprint density at radius 3 is 2.76 bits per heavy atom. The van der Waals surface area contributed by atoms with Crippen LogP contribution < -0.4 is 5.32 Å². The van der Waals surface area contributed by atoms with Crippen molar-refractivity contribution in [3.05, 3.63) is 58.9 Å². The number of halogens is 1. The van der Waals surface area contributed by atoms with Crippen molar-refractivity contribution in [2.75, 3.05) is 13.6 Å². The number of aliphatic imine (C=N–C) groups is 1. The predicted octanol–water partition coefficient (Wildman–Crippen LogP) is 3.92. The summed E-state index contributed by atoms with van der Waals surface area (Å²) in [6.45, 7) is 6.44. The molecule has 0 unspecified atom stereocenters. The first kappa shape index (κ1) is 19.7. The molecule has 25 heavy (non-hydrogen) atoms. The maximum absolute atomic E-state index is 4.73. The Kier molecular flexibility index (Phi) is 7.24. The molecule has 0 atom stereocenters. The number of imidazole rings is 1. The van der Waals surface area contributed by atoms with Crippen LogP contribution in [-0.2, 0) is 13.1 Å². The summed E-state index contributed by atoms with van der Waals surface area (Å²) in [5, 5.41) is 5.39. The molecule has 1 N–H and O–H groups in total. The number of aromatic nitrogens is 2. The van der Waals surface area contributed by atoms with Crippen LogP contribution in [0, 0.1) is 6.92 Å². The summed E-state index contributed by atoms with van der Waals surface area (Å²) in [5.41, 5.74) is 3.54. The molecular formula is C18H24IN5S. The molecule has 0 aliphatic rings. The lowest BCUT2D eigenvalue weighted by atomic mass is 10.1. The van der Waals surface area contributed by atoms with Crippen molar-refractivity contribution in [2.24, 2.45) is 4.99 Å². The number of hydrogen-bond donors (Lipinski definition) is 1. The summed E-state index contributed by atoms with van der Waals surface area (Å²) < 4.78 is 2.04. The molecule has 2 heterocycles. The second kappa shape index (κ2) is 9.19. The minimum atomic E-state index is 0. The van der Waals surface area contributed by atoms with E-state index in [1.165, 1.54) is 11.1 Å². The van der Waals surface area contributed by atoms with Gasteiger partial charge in [-0.15, -0.1) is 35.3 Å². The van der Waals surface area contributed by atoms with Crippen LogP contribution in [0.3, 0.4) is 0 Å². The minimum Gasteiger partial charge on any atom is -0.357 e. The second-order valence-electron chi connectivity index (χ2n) is 5.84. The fourth-order valence-corrected chi connectivity index (χ4v) is 3.24. The Labute approximate surface area is 169 Å². The molecule has 0 saturated carbocycles. The summed E-state index contributed by atoms with van der Waals surface area (Å²) in [6.07, 6.45) is 4.06. The van der Waals surface area contributed by atoms with Crippen LogP contribution in [0.2, 0.25) is 0 Å². The molecule has 134 valence electrons. The highest BCUT2D eigenvalue weighted by molar-refractivity contribution is 14.0. The number of fused-ring (bicyclic) bond motifs is 1. The molecule has 0 spiro atoms. The average Bonchev–Trinajstić information content (AvgIpc) is 3.15. The third-order valence-electron chi connectivity index (χ3n) is 3.77. The van der Waals surface area contributed by atoms with Crippen LogP contribution in [0.4, 0.5) is 0 Å². The fraction of sp³-hybridized carbons (Fsp3) is 0.333. The molecule has 1 aromatic carbocycles. The first-order valence-electron chi connectivity index (χ1n) is 8.12. The van der Waals surface area contributed by atoms with E-state index in [9.17, 15) is 0 Å². The maximum Gasteiger partial charge on any atom is 0.194 e. The van der Waals surface area contributed by atoms with Gasteiger partial charge in [0.05, 0.1) is 12.2 Å². The van der Waals surface area contributed by atoms with Gasteiger partial charge in [0.2, 0.25) is 0 Å². The zero-order chi connectivity index (χ0) is 16.9. The standard InChI is InChI=1S/C18H23N5S.HI/c1-4-19-17(22(3)12-15-7-5-14(2)6-8-15)20-11-16-13-23-9-10-24-18(23)21-16;/h5-10,13H,4,11-12H2,1-3H3,(H,19,20);1H. The molecule has 7 heteroatoms. The van der Waals surface area contributed by atoms with Crippen molar-refractivity contribution in [3.63, 3.8) is 0 Å². The molecule has 0 amide bonds. The Hall–Kier alpha value is -1.61. The number of nitrogens with zero attached hydrogens (tertiary/aromatic N) is 4. The fourth-order valence-electron chi connectivity index (χ4n) is 2.52. The topological polar surface area (TPSA) is 44.9 Å². The molecule has 0 radical (unpaired) electrons. The lowest BCUT2D eigenvalue weighted by molar-refractivity contribution is 0.476. The number of thiazole rings is 1. The molecule has 3 aromatic rings. The Morgan fingerprint density at radius 2 is 2.08 bits per heavy atom. The van der Waals surface area contributed by atoms with Gasteiger partial charge in [0, 0.05) is 37.9 Å². The normalized spacial score (nSPS) is 11.4. The van der Waals surface area contributed by atoms with E-state index in [1.807, 2.05) is 22.2 Å². The van der Waals surface area contributed by atoms with E-state index in [0.717, 1.165) is 29.7 Å². The van der Waals surface area contributed by atoms with Crippen LogP contribution in [0.25, 0.3) is 4.96 Å². The maximum atomic E-state index is 4.73. The lowest BCUT2D eigenvalue weighted by Gasteiger charge is -2.22. The van der Waals surface area contributed by atoms with E-state index in [0.29, 0.717) is 6.54 Å². The van der Waals surface area contributed by atoms with Gasteiger partial charge in [-0.05, 0) is 19.4 Å². The Balaban J connectivity index is 0.00000225. The Bertz CT molecular complexity index is 793. The molecular weight excluding hydrogens is 445 g/mol. The lowest BCUT2D eigenvalue weighted by Crippen LogP contribution is -2.38. The summed E-state index contributed by atoms with van der Waals surface area (Å²) in [5.74, 6) is 0.898. The second-order valence-corrected chi connectivity index (χ2v) is 6.71. The van der Waals surface area contributed by atoms with Crippen molar-refractivity contribution in [1.29, 1.82) is 0 Å². The molecule has 0 bridgehead atoms. The third-order valence-corrected chi connectivity index (χ3v) is 4.54. The molecule has 3 rings (SSSR count). The van der Waals surface area contributed by atoms with Crippen molar-refractivity contribution >= 4 is 46.2 Å². The summed E-state index contributed by atoms with van der Waals surface area (Å²) in [6, 6.07) is 8.62. The third kappa shape index (κ3) is 5.18. The number of hydrogen-bond acceptors (Lipinski definition) is 3. The number of nitrogens with one attached hydrogen (secondary N) is 1. The van der Waals surface area contributed by atoms with Gasteiger partial charge in [-0.2, -0.15) is 0 Å². The van der Waals surface area contributed by atoms with Gasteiger partial charge in [0.1, 0.15) is 0 Å². The molecule has 0 fully saturated rings. The van der Waals surface area contributed by atoms with Crippen molar-refractivity contribution in [3.8, 4) is 0 Å². The molecule has 0 aliphatic heterocycles. The van der Waals surface area contributed by atoms with E-state index in [1.54, 1.807) is 11.3 Å². The van der Waals surface area contributed by atoms with Gasteiger partial charge in [-0.3, -0.25) is 4.40 Å². The highest BCUT2D eigenvalue weighted by Crippen LogP contribution is 2.12. The summed E-state index contributed by atoms with van der Waals surface area (Å²) in [4.78, 5) is 12.5. The van der Waals surface area contributed by atoms with Gasteiger partial charge in [-0.25, -0.2) is 9.98 Å². The van der Waals surface area contributed by atoms with E-state index >= 15 is 0 Å². The van der Waals surface area contributed by atoms with Gasteiger partial charge >= 0.3 is 0 Å². The monoisotopic (exact) mass is 469 g/mol. The zero-order valence-electron chi connectivity index (χ0n) is 14.8. The number of guanidine groups is 1. The minimum absolute atomic E-state index is 0. The van der Waals surface area contributed by atoms with Crippen LogP contribution in [0.5, 0.6) is 0 Å². The molecule has 0 saturated heterocycles. The SMILES string of the molecule is CCNC(=NCc1cn2ccsc2n1)N(C)Cc1ccc(C)cc1.I. The molecule has 0 aliphatic carbocycles. The first-order chi connectivity index (χ1) is 11.7. The largest absolute Gasteiger partial charge is 0.357 e. The van der Waals surface area contributed by atoms with Crippen molar-refractivity contribution in [2.45, 2.75) is 26.9 Å². The molecule has 2 aromatic heterocycles. The van der Waals surface area contributed by atoms with E-state index in [-0.39, 0.29) is 24.0 Å². The Morgan fingerprint density at radius 1 is 1.32 bits per heavy atom. The van der Waals surface area contributed by atoms with Crippen LogP contribution in [-0.4, -0.2) is 33.8 Å². The summed E-state index contributed by atoms with van der Waals surface area (Å²) in [7, 11) is 2.06. The van der Waals surface area contributed by atoms with Gasteiger partial charge < -0.3 is 10.2 Å². The van der Waals surface area contributed by atoms with E-state index in [4.69, 9.17) is 4.99 Å². The van der Waals surface area contributed by atoms with Gasteiger partial charge in [0.15, 0.2) is 10.9 Å². The van der Waals surface area contributed by atoms with Gasteiger partial charge in [-0.1, -0.05) is 29.8 Å². The van der Waals surface area contributed by atoms with Crippen LogP contribution in [0.1, 0.15) is 23.7 Å². The average molecular weight is 469 g/mol. The predicted molar refractivity (Wildman–Crippen MR) is 116 cm³/mol. The summed E-state index contributed by atoms with van der Waals surface area (Å²) >= 11 is 1.64. The van der Waals surface area contributed by atoms with Gasteiger partial charge in [0.25, 0.3) is 0 Å². The number of benzene rings is 1. The zero-order valence-corrected chi connectivity index (χ0v) is 17.9. The first-order valence-corrected chi connectivity index (χ1v) is 8.99. The number of rotatable bonds is 5.